The summed E-state index contributed by atoms with van der Waals surface area (Å²) in [5.74, 6) is 1.86. The third kappa shape index (κ3) is 4.80. The van der Waals surface area contributed by atoms with E-state index in [-0.39, 0.29) is 5.91 Å². The van der Waals surface area contributed by atoms with Crippen molar-refractivity contribution in [3.63, 3.8) is 0 Å². The highest BCUT2D eigenvalue weighted by Gasteiger charge is 2.18. The van der Waals surface area contributed by atoms with Crippen molar-refractivity contribution in [1.82, 2.24) is 20.4 Å². The first-order valence-corrected chi connectivity index (χ1v) is 9.48. The van der Waals surface area contributed by atoms with E-state index in [0.717, 1.165) is 67.5 Å². The van der Waals surface area contributed by atoms with E-state index in [1.54, 1.807) is 14.0 Å². The number of amides is 1. The number of nitrogens with zero attached hydrogens (tertiary/aromatic N) is 3. The largest absolute Gasteiger partial charge is 0.459 e. The van der Waals surface area contributed by atoms with Crippen molar-refractivity contribution < 1.29 is 9.21 Å². The van der Waals surface area contributed by atoms with E-state index >= 15 is 0 Å². The Labute approximate surface area is 160 Å². The Balaban J connectivity index is 1.43. The molecule has 1 aliphatic rings. The number of para-hydroxylation sites is 1. The predicted molar refractivity (Wildman–Crippen MR) is 108 cm³/mol. The second-order valence-corrected chi connectivity index (χ2v) is 6.85. The Morgan fingerprint density at radius 2 is 1.93 bits per heavy atom. The van der Waals surface area contributed by atoms with E-state index in [4.69, 9.17) is 4.42 Å². The number of furan rings is 1. The summed E-state index contributed by atoms with van der Waals surface area (Å²) in [6.07, 6.45) is 0. The predicted octanol–water partition coefficient (Wildman–Crippen LogP) is 1.57. The van der Waals surface area contributed by atoms with Crippen molar-refractivity contribution in [1.29, 1.82) is 0 Å². The van der Waals surface area contributed by atoms with Crippen LogP contribution in [0.15, 0.2) is 33.7 Å². The van der Waals surface area contributed by atoms with Crippen molar-refractivity contribution in [3.05, 3.63) is 35.6 Å². The summed E-state index contributed by atoms with van der Waals surface area (Å²) in [6, 6.07) is 8.08. The van der Waals surface area contributed by atoms with Gasteiger partial charge in [0.15, 0.2) is 5.96 Å². The van der Waals surface area contributed by atoms with Crippen LogP contribution >= 0.6 is 0 Å². The van der Waals surface area contributed by atoms with Crippen molar-refractivity contribution in [2.75, 3.05) is 46.3 Å². The fourth-order valence-corrected chi connectivity index (χ4v) is 3.40. The molecule has 2 aromatic rings. The topological polar surface area (TPSA) is 73.1 Å². The maximum absolute atomic E-state index is 11.4. The van der Waals surface area contributed by atoms with Crippen molar-refractivity contribution in [2.24, 2.45) is 4.99 Å². The molecule has 0 spiro atoms. The monoisotopic (exact) mass is 371 g/mol. The number of guanidine groups is 1. The van der Waals surface area contributed by atoms with Crippen LogP contribution in [0.25, 0.3) is 11.0 Å². The van der Waals surface area contributed by atoms with Gasteiger partial charge < -0.3 is 20.0 Å². The van der Waals surface area contributed by atoms with Gasteiger partial charge in [-0.1, -0.05) is 18.2 Å². The summed E-state index contributed by atoms with van der Waals surface area (Å²) in [5.41, 5.74) is 2.08. The molecule has 27 heavy (non-hydrogen) atoms. The molecule has 0 aliphatic carbocycles. The van der Waals surface area contributed by atoms with Crippen molar-refractivity contribution in [2.45, 2.75) is 20.4 Å². The first-order chi connectivity index (χ1) is 13.1. The molecule has 1 fully saturated rings. The van der Waals surface area contributed by atoms with Crippen LogP contribution in [0, 0.1) is 6.92 Å². The first-order valence-electron chi connectivity index (χ1n) is 9.48. The van der Waals surface area contributed by atoms with Gasteiger partial charge in [0.25, 0.3) is 0 Å². The van der Waals surface area contributed by atoms with E-state index in [1.807, 2.05) is 23.1 Å². The lowest BCUT2D eigenvalue weighted by Gasteiger charge is -2.34. The minimum atomic E-state index is 0.165. The van der Waals surface area contributed by atoms with Gasteiger partial charge in [-0.2, -0.15) is 0 Å². The quantitative estimate of drug-likeness (QED) is 0.617. The van der Waals surface area contributed by atoms with Gasteiger partial charge >= 0.3 is 0 Å². The fraction of sp³-hybridized carbons (Fsp3) is 0.500. The number of carbonyl (C=O) groups is 1. The van der Waals surface area contributed by atoms with Crippen LogP contribution in [0.5, 0.6) is 0 Å². The fourth-order valence-electron chi connectivity index (χ4n) is 3.40. The lowest BCUT2D eigenvalue weighted by atomic mass is 10.1. The lowest BCUT2D eigenvalue weighted by molar-refractivity contribution is -0.130. The van der Waals surface area contributed by atoms with Gasteiger partial charge in [0.2, 0.25) is 5.91 Å². The zero-order chi connectivity index (χ0) is 19.2. The minimum Gasteiger partial charge on any atom is -0.459 e. The molecule has 1 aliphatic heterocycles. The molecule has 7 heteroatoms. The number of carbonyl (C=O) groups excluding carboxylic acids is 1. The Bertz CT molecular complexity index is 806. The molecule has 0 radical (unpaired) electrons. The zero-order valence-electron chi connectivity index (χ0n) is 16.4. The summed E-state index contributed by atoms with van der Waals surface area (Å²) in [4.78, 5) is 19.9. The lowest BCUT2D eigenvalue weighted by Crippen LogP contribution is -2.50. The zero-order valence-corrected chi connectivity index (χ0v) is 16.4. The molecular weight excluding hydrogens is 342 g/mol. The number of rotatable bonds is 5. The third-order valence-electron chi connectivity index (χ3n) is 5.12. The first kappa shape index (κ1) is 19.2. The molecule has 1 aromatic heterocycles. The molecule has 1 aromatic carbocycles. The van der Waals surface area contributed by atoms with Gasteiger partial charge in [0.05, 0.1) is 6.54 Å². The number of aliphatic imine (C=N–C) groups is 1. The van der Waals surface area contributed by atoms with Crippen LogP contribution in [-0.4, -0.2) is 68.0 Å². The Hall–Kier alpha value is -2.54. The maximum atomic E-state index is 11.4. The number of piperazine rings is 1. The smallest absolute Gasteiger partial charge is 0.219 e. The van der Waals surface area contributed by atoms with Gasteiger partial charge in [0.1, 0.15) is 11.3 Å². The number of fused-ring (bicyclic) bond motifs is 1. The van der Waals surface area contributed by atoms with Crippen LogP contribution in [0.3, 0.4) is 0 Å². The van der Waals surface area contributed by atoms with Gasteiger partial charge in [-0.3, -0.25) is 14.7 Å². The number of hydrogen-bond acceptors (Lipinski definition) is 4. The summed E-state index contributed by atoms with van der Waals surface area (Å²) in [6.45, 7) is 9.51. The van der Waals surface area contributed by atoms with Gasteiger partial charge in [-0.25, -0.2) is 0 Å². The Morgan fingerprint density at radius 1 is 1.19 bits per heavy atom. The molecule has 0 atom stereocenters. The van der Waals surface area contributed by atoms with E-state index in [0.29, 0.717) is 6.54 Å². The van der Waals surface area contributed by atoms with E-state index in [9.17, 15) is 4.79 Å². The second kappa shape index (κ2) is 8.90. The molecule has 2 N–H and O–H groups in total. The van der Waals surface area contributed by atoms with Crippen LogP contribution in [0.4, 0.5) is 0 Å². The molecule has 3 rings (SSSR count). The number of benzene rings is 1. The molecule has 0 bridgehead atoms. The average molecular weight is 371 g/mol. The number of hydrogen-bond donors (Lipinski definition) is 2. The van der Waals surface area contributed by atoms with Crippen molar-refractivity contribution in [3.8, 4) is 0 Å². The Kier molecular flexibility index (Phi) is 6.34. The Morgan fingerprint density at radius 3 is 2.59 bits per heavy atom. The molecule has 1 amide bonds. The molecular formula is C20H29N5O2. The van der Waals surface area contributed by atoms with Crippen molar-refractivity contribution >= 4 is 22.8 Å². The van der Waals surface area contributed by atoms with E-state index in [1.165, 1.54) is 0 Å². The average Bonchev–Trinajstić information content (AvgIpc) is 3.01. The normalized spacial score (nSPS) is 16.0. The van der Waals surface area contributed by atoms with Crippen LogP contribution in [0.1, 0.15) is 18.2 Å². The highest BCUT2D eigenvalue weighted by Crippen LogP contribution is 2.24. The summed E-state index contributed by atoms with van der Waals surface area (Å²) >= 11 is 0. The standard InChI is InChI=1S/C20H29N5O2/c1-15-17-6-4-5-7-18(17)27-19(15)14-23-20(21-3)22-8-9-24-10-12-25(13-11-24)16(2)26/h4-7H,8-14H2,1-3H3,(H2,21,22,23). The summed E-state index contributed by atoms with van der Waals surface area (Å²) < 4.78 is 5.94. The van der Waals surface area contributed by atoms with Gasteiger partial charge in [0, 0.05) is 64.2 Å². The highest BCUT2D eigenvalue weighted by molar-refractivity contribution is 5.83. The van der Waals surface area contributed by atoms with E-state index < -0.39 is 0 Å². The second-order valence-electron chi connectivity index (χ2n) is 6.85. The number of aryl methyl sites for hydroxylation is 1. The molecule has 1 saturated heterocycles. The van der Waals surface area contributed by atoms with Crippen LogP contribution in [0.2, 0.25) is 0 Å². The molecule has 7 nitrogen and oxygen atoms in total. The molecule has 0 unspecified atom stereocenters. The molecule has 146 valence electrons. The molecule has 0 saturated carbocycles. The number of nitrogens with one attached hydrogen (secondary N) is 2. The summed E-state index contributed by atoms with van der Waals surface area (Å²) in [5, 5.41) is 7.82. The van der Waals surface area contributed by atoms with Gasteiger partial charge in [-0.05, 0) is 13.0 Å². The van der Waals surface area contributed by atoms with Crippen LogP contribution in [-0.2, 0) is 11.3 Å². The van der Waals surface area contributed by atoms with E-state index in [2.05, 4.69) is 33.5 Å². The van der Waals surface area contributed by atoms with Gasteiger partial charge in [-0.15, -0.1) is 0 Å². The minimum absolute atomic E-state index is 0.165. The SMILES string of the molecule is CN=C(NCCN1CCN(C(C)=O)CC1)NCc1oc2ccccc2c1C. The van der Waals surface area contributed by atoms with Crippen LogP contribution < -0.4 is 10.6 Å². The third-order valence-corrected chi connectivity index (χ3v) is 5.12. The summed E-state index contributed by atoms with van der Waals surface area (Å²) in [7, 11) is 1.77. The molecule has 2 heterocycles. The maximum Gasteiger partial charge on any atom is 0.219 e. The highest BCUT2D eigenvalue weighted by atomic mass is 16.3.